The van der Waals surface area contributed by atoms with Crippen molar-refractivity contribution in [3.63, 3.8) is 0 Å². The third kappa shape index (κ3) is 6.12. The summed E-state index contributed by atoms with van der Waals surface area (Å²) in [6.45, 7) is 6.36. The Balaban J connectivity index is 1.81. The Morgan fingerprint density at radius 2 is 1.72 bits per heavy atom. The summed E-state index contributed by atoms with van der Waals surface area (Å²) in [5.74, 6) is 0.753. The summed E-state index contributed by atoms with van der Waals surface area (Å²) in [5.41, 5.74) is 4.31. The highest BCUT2D eigenvalue weighted by Crippen LogP contribution is 2.43. The third-order valence-corrected chi connectivity index (χ3v) is 5.81. The molecule has 2 aromatic carbocycles. The van der Waals surface area contributed by atoms with Gasteiger partial charge in [-0.3, -0.25) is 0 Å². The predicted octanol–water partition coefficient (Wildman–Crippen LogP) is 8.27. The molecule has 0 unspecified atom stereocenters. The van der Waals surface area contributed by atoms with E-state index in [1.807, 2.05) is 30.3 Å². The lowest BCUT2D eigenvalue weighted by atomic mass is 9.75. The quantitative estimate of drug-likeness (QED) is 0.423. The van der Waals surface area contributed by atoms with Crippen molar-refractivity contribution in [2.45, 2.75) is 64.1 Å². The highest BCUT2D eigenvalue weighted by atomic mass is 19.4. The number of alkyl halides is 3. The molecule has 0 heterocycles. The Labute approximate surface area is 171 Å². The number of hydrogen-bond donors (Lipinski definition) is 0. The van der Waals surface area contributed by atoms with E-state index in [9.17, 15) is 13.2 Å². The zero-order valence-electron chi connectivity index (χ0n) is 17.0. The molecule has 0 radical (unpaired) electrons. The molecule has 0 spiro atoms. The van der Waals surface area contributed by atoms with Crippen LogP contribution in [0.3, 0.4) is 0 Å². The van der Waals surface area contributed by atoms with E-state index in [-0.39, 0.29) is 11.7 Å². The maximum absolute atomic E-state index is 12.7. The number of benzene rings is 2. The van der Waals surface area contributed by atoms with Gasteiger partial charge in [0.1, 0.15) is 5.75 Å². The minimum absolute atomic E-state index is 0.134. The molecule has 1 aliphatic carbocycles. The molecule has 4 heteroatoms. The summed E-state index contributed by atoms with van der Waals surface area (Å²) < 4.78 is 42.4. The van der Waals surface area contributed by atoms with Gasteiger partial charge in [-0.25, -0.2) is 0 Å². The number of hydrogen-bond acceptors (Lipinski definition) is 1. The van der Waals surface area contributed by atoms with Gasteiger partial charge >= 0.3 is 6.36 Å². The molecule has 1 saturated carbocycles. The standard InChI is InChI=1S/C25H29F3O/c1-3-7-18(2)16-19-10-12-21(13-11-19)24-17-22(29-25(26,27)28)14-15-23(24)20-8-5-4-6-9-20/h4-6,8-9,14-15,17,19,21H,2-3,7,10-13,16H2,1H3. The summed E-state index contributed by atoms with van der Waals surface area (Å²) in [6, 6.07) is 14.6. The molecule has 1 aliphatic rings. The number of allylic oxidation sites excluding steroid dienone is 1. The highest BCUT2D eigenvalue weighted by molar-refractivity contribution is 5.69. The second-order valence-corrected chi connectivity index (χ2v) is 8.08. The SMILES string of the molecule is C=C(CCC)CC1CCC(c2cc(OC(F)(F)F)ccc2-c2ccccc2)CC1. The molecule has 1 nitrogen and oxygen atoms in total. The van der Waals surface area contributed by atoms with E-state index in [0.717, 1.165) is 61.6 Å². The van der Waals surface area contributed by atoms with Gasteiger partial charge in [-0.1, -0.05) is 61.9 Å². The van der Waals surface area contributed by atoms with Crippen LogP contribution in [0, 0.1) is 5.92 Å². The Hall–Kier alpha value is -2.23. The van der Waals surface area contributed by atoms with Crippen molar-refractivity contribution in [1.29, 1.82) is 0 Å². The van der Waals surface area contributed by atoms with E-state index in [2.05, 4.69) is 18.2 Å². The van der Waals surface area contributed by atoms with Crippen LogP contribution in [-0.4, -0.2) is 6.36 Å². The normalized spacial score (nSPS) is 19.7. The van der Waals surface area contributed by atoms with Gasteiger partial charge in [0.15, 0.2) is 0 Å². The molecule has 0 saturated heterocycles. The molecule has 0 N–H and O–H groups in total. The monoisotopic (exact) mass is 402 g/mol. The van der Waals surface area contributed by atoms with Crippen LogP contribution in [-0.2, 0) is 0 Å². The summed E-state index contributed by atoms with van der Waals surface area (Å²) in [7, 11) is 0. The van der Waals surface area contributed by atoms with Crippen molar-refractivity contribution in [2.24, 2.45) is 5.92 Å². The maximum atomic E-state index is 12.7. The first kappa shape index (κ1) is 21.5. The van der Waals surface area contributed by atoms with Gasteiger partial charge in [-0.15, -0.1) is 13.2 Å². The van der Waals surface area contributed by atoms with Crippen molar-refractivity contribution >= 4 is 0 Å². The lowest BCUT2D eigenvalue weighted by Gasteiger charge is -2.31. The average molecular weight is 403 g/mol. The molecule has 0 atom stereocenters. The number of ether oxygens (including phenoxy) is 1. The molecule has 0 bridgehead atoms. The smallest absolute Gasteiger partial charge is 0.406 e. The summed E-state index contributed by atoms with van der Waals surface area (Å²) in [6.07, 6.45) is 2.75. The molecule has 156 valence electrons. The zero-order valence-corrected chi connectivity index (χ0v) is 17.0. The fourth-order valence-corrected chi connectivity index (χ4v) is 4.50. The van der Waals surface area contributed by atoms with Gasteiger partial charge in [0.25, 0.3) is 0 Å². The first-order valence-electron chi connectivity index (χ1n) is 10.5. The van der Waals surface area contributed by atoms with E-state index >= 15 is 0 Å². The van der Waals surface area contributed by atoms with Gasteiger partial charge in [-0.05, 0) is 79.2 Å². The Morgan fingerprint density at radius 3 is 2.34 bits per heavy atom. The lowest BCUT2D eigenvalue weighted by molar-refractivity contribution is -0.274. The zero-order chi connectivity index (χ0) is 20.9. The van der Waals surface area contributed by atoms with Gasteiger partial charge in [0.2, 0.25) is 0 Å². The molecular formula is C25H29F3O. The number of rotatable bonds is 7. The van der Waals surface area contributed by atoms with E-state index in [1.54, 1.807) is 12.1 Å². The van der Waals surface area contributed by atoms with Crippen LogP contribution < -0.4 is 4.74 Å². The molecule has 2 aromatic rings. The Kier molecular flexibility index (Phi) is 7.05. The van der Waals surface area contributed by atoms with Crippen molar-refractivity contribution in [2.75, 3.05) is 0 Å². The van der Waals surface area contributed by atoms with Crippen molar-refractivity contribution in [3.8, 4) is 16.9 Å². The largest absolute Gasteiger partial charge is 0.573 e. The van der Waals surface area contributed by atoms with Gasteiger partial charge in [-0.2, -0.15) is 0 Å². The second kappa shape index (κ2) is 9.51. The van der Waals surface area contributed by atoms with Crippen LogP contribution in [0.2, 0.25) is 0 Å². The minimum Gasteiger partial charge on any atom is -0.406 e. The lowest BCUT2D eigenvalue weighted by Crippen LogP contribution is -2.18. The van der Waals surface area contributed by atoms with Crippen molar-refractivity contribution in [3.05, 3.63) is 66.2 Å². The Bertz CT molecular complexity index is 803. The van der Waals surface area contributed by atoms with Crippen LogP contribution in [0.25, 0.3) is 11.1 Å². The number of halogens is 3. The maximum Gasteiger partial charge on any atom is 0.573 e. The van der Waals surface area contributed by atoms with Crippen LogP contribution in [0.1, 0.15) is 63.4 Å². The first-order chi connectivity index (χ1) is 13.9. The first-order valence-corrected chi connectivity index (χ1v) is 10.5. The van der Waals surface area contributed by atoms with Gasteiger partial charge in [0.05, 0.1) is 0 Å². The van der Waals surface area contributed by atoms with Gasteiger partial charge in [0, 0.05) is 0 Å². The molecular weight excluding hydrogens is 373 g/mol. The minimum atomic E-state index is -4.68. The fourth-order valence-electron chi connectivity index (χ4n) is 4.50. The van der Waals surface area contributed by atoms with Crippen LogP contribution in [0.15, 0.2) is 60.7 Å². The highest BCUT2D eigenvalue weighted by Gasteiger charge is 2.32. The molecule has 1 fully saturated rings. The summed E-state index contributed by atoms with van der Waals surface area (Å²) >= 11 is 0. The van der Waals surface area contributed by atoms with Gasteiger partial charge < -0.3 is 4.74 Å². The van der Waals surface area contributed by atoms with E-state index < -0.39 is 6.36 Å². The summed E-state index contributed by atoms with van der Waals surface area (Å²) in [4.78, 5) is 0. The average Bonchev–Trinajstić information content (AvgIpc) is 2.68. The van der Waals surface area contributed by atoms with Crippen LogP contribution in [0.5, 0.6) is 5.75 Å². The van der Waals surface area contributed by atoms with Crippen LogP contribution in [0.4, 0.5) is 13.2 Å². The van der Waals surface area contributed by atoms with Crippen LogP contribution >= 0.6 is 0 Å². The second-order valence-electron chi connectivity index (χ2n) is 8.08. The van der Waals surface area contributed by atoms with E-state index in [1.165, 1.54) is 11.6 Å². The predicted molar refractivity (Wildman–Crippen MR) is 112 cm³/mol. The fraction of sp³-hybridized carbons (Fsp3) is 0.440. The molecule has 29 heavy (non-hydrogen) atoms. The molecule has 0 amide bonds. The third-order valence-electron chi connectivity index (χ3n) is 5.81. The summed E-state index contributed by atoms with van der Waals surface area (Å²) in [5, 5.41) is 0. The Morgan fingerprint density at radius 1 is 1.03 bits per heavy atom. The van der Waals surface area contributed by atoms with E-state index in [0.29, 0.717) is 5.92 Å². The molecule has 3 rings (SSSR count). The van der Waals surface area contributed by atoms with Crippen molar-refractivity contribution in [1.82, 2.24) is 0 Å². The van der Waals surface area contributed by atoms with E-state index in [4.69, 9.17) is 0 Å². The topological polar surface area (TPSA) is 9.23 Å². The molecule has 0 aromatic heterocycles. The van der Waals surface area contributed by atoms with Crippen molar-refractivity contribution < 1.29 is 17.9 Å². The molecule has 0 aliphatic heterocycles.